The number of nitrogens with zero attached hydrogens (tertiary/aromatic N) is 2. The van der Waals surface area contributed by atoms with E-state index in [9.17, 15) is 19.2 Å². The molecule has 0 aromatic rings. The molecule has 118 valence electrons. The van der Waals surface area contributed by atoms with Crippen LogP contribution in [0.15, 0.2) is 0 Å². The van der Waals surface area contributed by atoms with E-state index in [1.54, 1.807) is 13.8 Å². The molecule has 0 spiro atoms. The van der Waals surface area contributed by atoms with Crippen LogP contribution in [0.3, 0.4) is 0 Å². The zero-order chi connectivity index (χ0) is 16.2. The van der Waals surface area contributed by atoms with Crippen molar-refractivity contribution in [1.29, 1.82) is 0 Å². The molecule has 0 unspecified atom stereocenters. The van der Waals surface area contributed by atoms with Gasteiger partial charge in [0.2, 0.25) is 0 Å². The number of rotatable bonds is 6. The summed E-state index contributed by atoms with van der Waals surface area (Å²) in [5.74, 6) is -1.29. The number of urea groups is 1. The molecular weight excluding hydrogens is 280 g/mol. The average molecular weight is 300 g/mol. The van der Waals surface area contributed by atoms with Crippen molar-refractivity contribution in [2.45, 2.75) is 33.2 Å². The predicted molar refractivity (Wildman–Crippen MR) is 71.2 cm³/mol. The second-order valence-electron chi connectivity index (χ2n) is 5.13. The molecule has 1 saturated heterocycles. The normalized spacial score (nSPS) is 17.1. The molecule has 8 heteroatoms. The van der Waals surface area contributed by atoms with Crippen molar-refractivity contribution in [3.63, 3.8) is 0 Å². The van der Waals surface area contributed by atoms with Gasteiger partial charge in [0.25, 0.3) is 5.91 Å². The van der Waals surface area contributed by atoms with Crippen molar-refractivity contribution in [1.82, 2.24) is 9.80 Å². The van der Waals surface area contributed by atoms with Gasteiger partial charge in [0, 0.05) is 13.8 Å². The highest BCUT2D eigenvalue weighted by Gasteiger charge is 2.50. The summed E-state index contributed by atoms with van der Waals surface area (Å²) in [5, 5.41) is 0. The first-order valence-corrected chi connectivity index (χ1v) is 6.58. The van der Waals surface area contributed by atoms with Gasteiger partial charge >= 0.3 is 18.0 Å². The predicted octanol–water partition coefficient (Wildman–Crippen LogP) is 0.155. The van der Waals surface area contributed by atoms with Gasteiger partial charge in [0.1, 0.15) is 18.8 Å². The fraction of sp³-hybridized carbons (Fsp3) is 0.692. The summed E-state index contributed by atoms with van der Waals surface area (Å²) in [4.78, 5) is 48.3. The molecule has 1 heterocycles. The summed E-state index contributed by atoms with van der Waals surface area (Å²) in [5.41, 5.74) is -1.02. The molecule has 0 aromatic heterocycles. The quantitative estimate of drug-likeness (QED) is 0.512. The van der Waals surface area contributed by atoms with Crippen molar-refractivity contribution < 1.29 is 28.7 Å². The van der Waals surface area contributed by atoms with Crippen LogP contribution in [0.1, 0.15) is 27.7 Å². The third-order valence-electron chi connectivity index (χ3n) is 3.15. The maximum Gasteiger partial charge on any atom is 0.327 e. The molecule has 0 aromatic carbocycles. The van der Waals surface area contributed by atoms with Crippen LogP contribution < -0.4 is 0 Å². The van der Waals surface area contributed by atoms with Gasteiger partial charge in [-0.05, 0) is 13.8 Å². The number of ether oxygens (including phenoxy) is 2. The smallest absolute Gasteiger partial charge is 0.327 e. The fourth-order valence-electron chi connectivity index (χ4n) is 2.05. The van der Waals surface area contributed by atoms with Gasteiger partial charge in [0.15, 0.2) is 0 Å². The molecule has 0 bridgehead atoms. The van der Waals surface area contributed by atoms with E-state index in [1.165, 1.54) is 18.7 Å². The molecule has 3 amide bonds. The molecule has 0 saturated carbocycles. The Bertz CT molecular complexity index is 460. The van der Waals surface area contributed by atoms with E-state index in [1.807, 2.05) is 0 Å². The number of imide groups is 1. The van der Waals surface area contributed by atoms with Gasteiger partial charge in [-0.25, -0.2) is 4.79 Å². The summed E-state index contributed by atoms with van der Waals surface area (Å²) < 4.78 is 9.54. The van der Waals surface area contributed by atoms with E-state index in [0.29, 0.717) is 0 Å². The van der Waals surface area contributed by atoms with E-state index >= 15 is 0 Å². The van der Waals surface area contributed by atoms with Gasteiger partial charge in [-0.2, -0.15) is 0 Å². The first kappa shape index (κ1) is 16.9. The van der Waals surface area contributed by atoms with E-state index in [0.717, 1.165) is 4.90 Å². The van der Waals surface area contributed by atoms with Crippen molar-refractivity contribution in [2.24, 2.45) is 0 Å². The molecule has 0 atom stereocenters. The molecule has 0 N–H and O–H groups in total. The SMILES string of the molecule is CC(=O)OCCN1C(=O)N(CCOC(C)=O)C(C)(C)C1=O. The van der Waals surface area contributed by atoms with Crippen LogP contribution >= 0.6 is 0 Å². The Kier molecular flexibility index (Phi) is 5.28. The van der Waals surface area contributed by atoms with E-state index < -0.39 is 23.5 Å². The van der Waals surface area contributed by atoms with Gasteiger partial charge < -0.3 is 14.4 Å². The van der Waals surface area contributed by atoms with E-state index in [2.05, 4.69) is 0 Å². The average Bonchev–Trinajstić information content (AvgIpc) is 2.51. The maximum atomic E-state index is 12.2. The minimum absolute atomic E-state index is 0.00470. The first-order valence-electron chi connectivity index (χ1n) is 6.58. The largest absolute Gasteiger partial charge is 0.464 e. The molecule has 21 heavy (non-hydrogen) atoms. The summed E-state index contributed by atoms with van der Waals surface area (Å²) in [7, 11) is 0. The number of hydrogen-bond acceptors (Lipinski definition) is 6. The van der Waals surface area contributed by atoms with Crippen LogP contribution in [-0.4, -0.2) is 65.5 Å². The molecule has 1 aliphatic heterocycles. The summed E-state index contributed by atoms with van der Waals surface area (Å²) in [6.07, 6.45) is 0. The Morgan fingerprint density at radius 2 is 1.48 bits per heavy atom. The summed E-state index contributed by atoms with van der Waals surface area (Å²) >= 11 is 0. The molecule has 1 fully saturated rings. The van der Waals surface area contributed by atoms with Gasteiger partial charge in [0.05, 0.1) is 13.1 Å². The Morgan fingerprint density at radius 3 is 1.95 bits per heavy atom. The van der Waals surface area contributed by atoms with Crippen molar-refractivity contribution in [3.8, 4) is 0 Å². The van der Waals surface area contributed by atoms with Crippen LogP contribution in [0.5, 0.6) is 0 Å². The van der Waals surface area contributed by atoms with Crippen molar-refractivity contribution >= 4 is 23.9 Å². The van der Waals surface area contributed by atoms with Crippen LogP contribution in [0, 0.1) is 0 Å². The van der Waals surface area contributed by atoms with Gasteiger partial charge in [-0.3, -0.25) is 19.3 Å². The van der Waals surface area contributed by atoms with E-state index in [-0.39, 0.29) is 32.2 Å². The lowest BCUT2D eigenvalue weighted by atomic mass is 10.0. The summed E-state index contributed by atoms with van der Waals surface area (Å²) in [6, 6.07) is -0.482. The minimum atomic E-state index is -1.02. The Morgan fingerprint density at radius 1 is 1.00 bits per heavy atom. The second-order valence-corrected chi connectivity index (χ2v) is 5.13. The van der Waals surface area contributed by atoms with Gasteiger partial charge in [-0.1, -0.05) is 0 Å². The highest BCUT2D eigenvalue weighted by molar-refractivity contribution is 6.06. The number of amides is 3. The van der Waals surface area contributed by atoms with Crippen LogP contribution in [0.4, 0.5) is 4.79 Å². The van der Waals surface area contributed by atoms with Crippen molar-refractivity contribution in [2.75, 3.05) is 26.3 Å². The Hall–Kier alpha value is -2.12. The van der Waals surface area contributed by atoms with Crippen LogP contribution in [0.25, 0.3) is 0 Å². The third kappa shape index (κ3) is 3.93. The highest BCUT2D eigenvalue weighted by atomic mass is 16.5. The third-order valence-corrected chi connectivity index (χ3v) is 3.15. The highest BCUT2D eigenvalue weighted by Crippen LogP contribution is 2.27. The lowest BCUT2D eigenvalue weighted by Gasteiger charge is -2.27. The lowest BCUT2D eigenvalue weighted by molar-refractivity contribution is -0.143. The zero-order valence-corrected chi connectivity index (χ0v) is 12.7. The molecule has 1 rings (SSSR count). The Balaban J connectivity index is 2.68. The number of hydrogen-bond donors (Lipinski definition) is 0. The molecule has 1 aliphatic rings. The fourth-order valence-corrected chi connectivity index (χ4v) is 2.05. The van der Waals surface area contributed by atoms with Crippen molar-refractivity contribution in [3.05, 3.63) is 0 Å². The molecule has 0 radical (unpaired) electrons. The Labute approximate surface area is 123 Å². The number of carbonyl (C=O) groups is 4. The number of esters is 2. The maximum absolute atomic E-state index is 12.2. The topological polar surface area (TPSA) is 93.2 Å². The minimum Gasteiger partial charge on any atom is -0.464 e. The molecule has 0 aliphatic carbocycles. The standard InChI is InChI=1S/C13H20N2O6/c1-9(16)20-7-5-14-11(18)13(3,4)15(12(14)19)6-8-21-10(2)17/h5-8H2,1-4H3. The first-order chi connectivity index (χ1) is 9.67. The van der Waals surface area contributed by atoms with Crippen LogP contribution in [-0.2, 0) is 23.9 Å². The lowest BCUT2D eigenvalue weighted by Crippen LogP contribution is -2.45. The summed E-state index contributed by atoms with van der Waals surface area (Å²) in [6.45, 7) is 5.87. The molecule has 8 nitrogen and oxygen atoms in total. The second kappa shape index (κ2) is 6.55. The zero-order valence-electron chi connectivity index (χ0n) is 12.7. The number of carbonyl (C=O) groups excluding carboxylic acids is 4. The monoisotopic (exact) mass is 300 g/mol. The van der Waals surface area contributed by atoms with Crippen LogP contribution in [0.2, 0.25) is 0 Å². The van der Waals surface area contributed by atoms with Gasteiger partial charge in [-0.15, -0.1) is 0 Å². The van der Waals surface area contributed by atoms with E-state index in [4.69, 9.17) is 9.47 Å². The molecular formula is C13H20N2O6.